The average Bonchev–Trinajstić information content (AvgIpc) is 2.20. The number of anilines is 1. The first kappa shape index (κ1) is 13.0. The van der Waals surface area contributed by atoms with Crippen molar-refractivity contribution in [2.24, 2.45) is 11.8 Å². The van der Waals surface area contributed by atoms with Gasteiger partial charge in [-0.05, 0) is 19.3 Å². The van der Waals surface area contributed by atoms with Crippen LogP contribution in [0.25, 0.3) is 0 Å². The molecule has 0 saturated heterocycles. The Bertz CT molecular complexity index is 346. The maximum absolute atomic E-state index is 5.92. The Labute approximate surface area is 100 Å². The van der Waals surface area contributed by atoms with E-state index >= 15 is 0 Å². The summed E-state index contributed by atoms with van der Waals surface area (Å²) in [6.45, 7) is 6.25. The second kappa shape index (κ2) is 5.86. The second-order valence-electron chi connectivity index (χ2n) is 4.05. The summed E-state index contributed by atoms with van der Waals surface area (Å²) in [5.74, 6) is 6.41. The van der Waals surface area contributed by atoms with Crippen LogP contribution in [-0.2, 0) is 0 Å². The number of hydrazine groups is 1. The number of nitrogens with one attached hydrogen (secondary N) is 1. The minimum atomic E-state index is 0.0537. The van der Waals surface area contributed by atoms with Crippen LogP contribution in [0.4, 0.5) is 5.95 Å². The van der Waals surface area contributed by atoms with E-state index < -0.39 is 0 Å². The molecule has 6 heteroatoms. The quantitative estimate of drug-likeness (QED) is 0.614. The number of halogens is 1. The van der Waals surface area contributed by atoms with Crippen LogP contribution in [0.2, 0.25) is 5.02 Å². The van der Waals surface area contributed by atoms with Crippen LogP contribution in [0.5, 0.6) is 5.88 Å². The second-order valence-corrected chi connectivity index (χ2v) is 4.46. The Hall–Kier alpha value is -1.07. The Morgan fingerprint density at radius 1 is 1.50 bits per heavy atom. The molecular formula is C10H17ClN4O. The molecule has 0 radical (unpaired) electrons. The summed E-state index contributed by atoms with van der Waals surface area (Å²) in [6.07, 6.45) is 2.45. The molecule has 0 amide bonds. The summed E-state index contributed by atoms with van der Waals surface area (Å²) in [6, 6.07) is 0. The summed E-state index contributed by atoms with van der Waals surface area (Å²) in [5.41, 5.74) is 2.35. The fourth-order valence-electron chi connectivity index (χ4n) is 1.41. The molecule has 1 rings (SSSR count). The van der Waals surface area contributed by atoms with Gasteiger partial charge in [0.1, 0.15) is 5.02 Å². The molecule has 1 aromatic rings. The summed E-state index contributed by atoms with van der Waals surface area (Å²) in [5, 5.41) is 0.384. The zero-order chi connectivity index (χ0) is 12.1. The maximum atomic E-state index is 5.92. The van der Waals surface area contributed by atoms with Gasteiger partial charge in [-0.1, -0.05) is 25.4 Å². The molecule has 1 unspecified atom stereocenters. The largest absolute Gasteiger partial charge is 0.473 e. The smallest absolute Gasteiger partial charge is 0.240 e. The molecular weight excluding hydrogens is 228 g/mol. The highest BCUT2D eigenvalue weighted by Crippen LogP contribution is 2.23. The van der Waals surface area contributed by atoms with E-state index in [0.29, 0.717) is 16.8 Å². The maximum Gasteiger partial charge on any atom is 0.240 e. The molecule has 1 heterocycles. The molecule has 1 atom stereocenters. The van der Waals surface area contributed by atoms with Gasteiger partial charge in [0, 0.05) is 0 Å². The molecule has 0 bridgehead atoms. The molecule has 0 fully saturated rings. The predicted molar refractivity (Wildman–Crippen MR) is 64.4 cm³/mol. The molecule has 0 spiro atoms. The van der Waals surface area contributed by atoms with Crippen molar-refractivity contribution in [1.82, 2.24) is 9.97 Å². The number of aromatic nitrogens is 2. The molecule has 5 nitrogen and oxygen atoms in total. The minimum Gasteiger partial charge on any atom is -0.473 e. The Morgan fingerprint density at radius 2 is 2.19 bits per heavy atom. The van der Waals surface area contributed by atoms with E-state index in [0.717, 1.165) is 6.42 Å². The molecule has 3 N–H and O–H groups in total. The number of rotatable bonds is 5. The zero-order valence-corrected chi connectivity index (χ0v) is 10.5. The lowest BCUT2D eigenvalue weighted by atomic mass is 10.1. The van der Waals surface area contributed by atoms with Gasteiger partial charge in [-0.2, -0.15) is 4.98 Å². The number of hydrogen-bond acceptors (Lipinski definition) is 5. The van der Waals surface area contributed by atoms with E-state index in [9.17, 15) is 0 Å². The third-order valence-corrected chi connectivity index (χ3v) is 2.22. The van der Waals surface area contributed by atoms with Crippen LogP contribution in [0.15, 0.2) is 6.20 Å². The Balaban J connectivity index is 2.71. The van der Waals surface area contributed by atoms with Crippen LogP contribution in [-0.4, -0.2) is 16.1 Å². The SMILES string of the molecule is CC(C)CC(C)Oc1nc(NN)ncc1Cl. The van der Waals surface area contributed by atoms with Gasteiger partial charge in [0.2, 0.25) is 11.8 Å². The first-order valence-electron chi connectivity index (χ1n) is 5.18. The van der Waals surface area contributed by atoms with E-state index in [1.807, 2.05) is 6.92 Å². The van der Waals surface area contributed by atoms with E-state index in [1.54, 1.807) is 0 Å². The Kier molecular flexibility index (Phi) is 4.76. The van der Waals surface area contributed by atoms with Crippen LogP contribution in [0, 0.1) is 5.92 Å². The van der Waals surface area contributed by atoms with E-state index in [-0.39, 0.29) is 12.1 Å². The lowest BCUT2D eigenvalue weighted by molar-refractivity contribution is 0.186. The summed E-state index contributed by atoms with van der Waals surface area (Å²) < 4.78 is 5.62. The third-order valence-electron chi connectivity index (χ3n) is 1.96. The minimum absolute atomic E-state index is 0.0537. The zero-order valence-electron chi connectivity index (χ0n) is 9.70. The van der Waals surface area contributed by atoms with Crippen molar-refractivity contribution in [2.45, 2.75) is 33.3 Å². The van der Waals surface area contributed by atoms with Crippen molar-refractivity contribution in [1.29, 1.82) is 0 Å². The average molecular weight is 245 g/mol. The molecule has 1 aromatic heterocycles. The lowest BCUT2D eigenvalue weighted by Crippen LogP contribution is -2.17. The van der Waals surface area contributed by atoms with Crippen molar-refractivity contribution < 1.29 is 4.74 Å². The van der Waals surface area contributed by atoms with E-state index in [4.69, 9.17) is 22.2 Å². The fourth-order valence-corrected chi connectivity index (χ4v) is 1.54. The normalized spacial score (nSPS) is 12.6. The lowest BCUT2D eigenvalue weighted by Gasteiger charge is -2.16. The monoisotopic (exact) mass is 244 g/mol. The van der Waals surface area contributed by atoms with Crippen LogP contribution in [0.3, 0.4) is 0 Å². The van der Waals surface area contributed by atoms with Gasteiger partial charge in [0.25, 0.3) is 0 Å². The van der Waals surface area contributed by atoms with Crippen molar-refractivity contribution in [3.05, 3.63) is 11.2 Å². The molecule has 16 heavy (non-hydrogen) atoms. The standard InChI is InChI=1S/C10H17ClN4O/c1-6(2)4-7(3)16-9-8(11)5-13-10(14-9)15-12/h5-7H,4,12H2,1-3H3,(H,13,14,15). The van der Waals surface area contributed by atoms with Crippen molar-refractivity contribution in [3.63, 3.8) is 0 Å². The Morgan fingerprint density at radius 3 is 2.75 bits per heavy atom. The van der Waals surface area contributed by atoms with Gasteiger partial charge in [-0.25, -0.2) is 10.8 Å². The van der Waals surface area contributed by atoms with Crippen LogP contribution < -0.4 is 16.0 Å². The van der Waals surface area contributed by atoms with Crippen molar-refractivity contribution >= 4 is 17.5 Å². The van der Waals surface area contributed by atoms with E-state index in [1.165, 1.54) is 6.20 Å². The fraction of sp³-hybridized carbons (Fsp3) is 0.600. The summed E-state index contributed by atoms with van der Waals surface area (Å²) in [7, 11) is 0. The summed E-state index contributed by atoms with van der Waals surface area (Å²) in [4.78, 5) is 7.90. The molecule has 90 valence electrons. The first-order chi connectivity index (χ1) is 7.52. The molecule has 0 saturated carbocycles. The van der Waals surface area contributed by atoms with Gasteiger partial charge in [-0.3, -0.25) is 5.43 Å². The van der Waals surface area contributed by atoms with Gasteiger partial charge >= 0.3 is 0 Å². The number of nitrogens with zero attached hydrogens (tertiary/aromatic N) is 2. The van der Waals surface area contributed by atoms with E-state index in [2.05, 4.69) is 29.2 Å². The number of hydrogen-bond donors (Lipinski definition) is 2. The van der Waals surface area contributed by atoms with Crippen LogP contribution >= 0.6 is 11.6 Å². The number of ether oxygens (including phenoxy) is 1. The molecule has 0 aliphatic heterocycles. The van der Waals surface area contributed by atoms with Crippen LogP contribution in [0.1, 0.15) is 27.2 Å². The van der Waals surface area contributed by atoms with Gasteiger partial charge < -0.3 is 4.74 Å². The first-order valence-corrected chi connectivity index (χ1v) is 5.56. The van der Waals surface area contributed by atoms with Gasteiger partial charge in [0.05, 0.1) is 12.3 Å². The highest BCUT2D eigenvalue weighted by molar-refractivity contribution is 6.31. The highest BCUT2D eigenvalue weighted by atomic mass is 35.5. The van der Waals surface area contributed by atoms with Gasteiger partial charge in [0.15, 0.2) is 0 Å². The topological polar surface area (TPSA) is 73.1 Å². The van der Waals surface area contributed by atoms with Crippen molar-refractivity contribution in [3.8, 4) is 5.88 Å². The van der Waals surface area contributed by atoms with Crippen molar-refractivity contribution in [2.75, 3.05) is 5.43 Å². The number of nitrogen functional groups attached to an aromatic ring is 1. The number of nitrogens with two attached hydrogens (primary N) is 1. The molecule has 0 aliphatic rings. The molecule has 0 aliphatic carbocycles. The molecule has 0 aromatic carbocycles. The summed E-state index contributed by atoms with van der Waals surface area (Å²) >= 11 is 5.92. The highest BCUT2D eigenvalue weighted by Gasteiger charge is 2.11. The van der Waals surface area contributed by atoms with Gasteiger partial charge in [-0.15, -0.1) is 0 Å². The third kappa shape index (κ3) is 3.83. The predicted octanol–water partition coefficient (Wildman–Crippen LogP) is 2.23.